The van der Waals surface area contributed by atoms with Crippen molar-refractivity contribution in [3.8, 4) is 11.5 Å². The Hall–Kier alpha value is -2.07. The molecule has 0 saturated heterocycles. The first kappa shape index (κ1) is 15.3. The van der Waals surface area contributed by atoms with Crippen LogP contribution in [0.25, 0.3) is 0 Å². The van der Waals surface area contributed by atoms with Crippen LogP contribution in [0.5, 0.6) is 11.5 Å². The number of hydrogen-bond acceptors (Lipinski definition) is 4. The Balaban J connectivity index is 2.07. The molecule has 0 radical (unpaired) electrons. The minimum atomic E-state index is 0.174. The van der Waals surface area contributed by atoms with Crippen molar-refractivity contribution in [3.05, 3.63) is 53.3 Å². The molecule has 1 aromatic heterocycles. The lowest BCUT2D eigenvalue weighted by Gasteiger charge is -2.18. The SMILES string of the molecule is COc1ccnc(CN[C@H](C)c2cc(C)ccc2OC)c1. The third-order valence-electron chi connectivity index (χ3n) is 3.46. The molecular weight excluding hydrogens is 264 g/mol. The van der Waals surface area contributed by atoms with Crippen LogP contribution in [0.4, 0.5) is 0 Å². The molecule has 0 spiro atoms. The molecule has 1 atom stereocenters. The van der Waals surface area contributed by atoms with E-state index in [2.05, 4.69) is 36.3 Å². The van der Waals surface area contributed by atoms with Gasteiger partial charge in [0, 0.05) is 30.4 Å². The van der Waals surface area contributed by atoms with Crippen LogP contribution in [0.1, 0.15) is 29.8 Å². The Bertz CT molecular complexity index is 599. The van der Waals surface area contributed by atoms with E-state index >= 15 is 0 Å². The summed E-state index contributed by atoms with van der Waals surface area (Å²) in [5.41, 5.74) is 3.33. The highest BCUT2D eigenvalue weighted by Gasteiger charge is 2.11. The first-order valence-corrected chi connectivity index (χ1v) is 7.01. The Labute approximate surface area is 126 Å². The number of nitrogens with zero attached hydrogens (tertiary/aromatic N) is 1. The van der Waals surface area contributed by atoms with E-state index in [0.29, 0.717) is 6.54 Å². The van der Waals surface area contributed by atoms with Gasteiger partial charge >= 0.3 is 0 Å². The Kier molecular flexibility index (Phi) is 5.17. The highest BCUT2D eigenvalue weighted by molar-refractivity contribution is 5.39. The molecule has 1 N–H and O–H groups in total. The van der Waals surface area contributed by atoms with Crippen LogP contribution >= 0.6 is 0 Å². The molecule has 21 heavy (non-hydrogen) atoms. The maximum absolute atomic E-state index is 5.43. The van der Waals surface area contributed by atoms with Gasteiger partial charge in [0.2, 0.25) is 0 Å². The smallest absolute Gasteiger partial charge is 0.123 e. The number of benzene rings is 1. The zero-order chi connectivity index (χ0) is 15.2. The normalized spacial score (nSPS) is 12.0. The molecule has 2 rings (SSSR count). The number of rotatable bonds is 6. The van der Waals surface area contributed by atoms with Crippen molar-refractivity contribution in [2.75, 3.05) is 14.2 Å². The third kappa shape index (κ3) is 3.95. The molecule has 2 aromatic rings. The molecule has 0 aliphatic heterocycles. The predicted octanol–water partition coefficient (Wildman–Crippen LogP) is 3.26. The Morgan fingerprint density at radius 2 is 1.95 bits per heavy atom. The number of aryl methyl sites for hydroxylation is 1. The summed E-state index contributed by atoms with van der Waals surface area (Å²) in [6.45, 7) is 4.88. The summed E-state index contributed by atoms with van der Waals surface area (Å²) in [5, 5.41) is 3.47. The minimum Gasteiger partial charge on any atom is -0.497 e. The van der Waals surface area contributed by atoms with Gasteiger partial charge in [-0.05, 0) is 26.0 Å². The van der Waals surface area contributed by atoms with Gasteiger partial charge in [-0.15, -0.1) is 0 Å². The largest absolute Gasteiger partial charge is 0.497 e. The molecule has 0 aliphatic rings. The fourth-order valence-electron chi connectivity index (χ4n) is 2.24. The minimum absolute atomic E-state index is 0.174. The summed E-state index contributed by atoms with van der Waals surface area (Å²) in [5.74, 6) is 1.72. The molecule has 0 amide bonds. The second-order valence-electron chi connectivity index (χ2n) is 5.03. The average molecular weight is 286 g/mol. The lowest BCUT2D eigenvalue weighted by molar-refractivity contribution is 0.400. The van der Waals surface area contributed by atoms with Gasteiger partial charge in [0.05, 0.1) is 19.9 Å². The molecule has 4 nitrogen and oxygen atoms in total. The summed E-state index contributed by atoms with van der Waals surface area (Å²) in [4.78, 5) is 4.34. The van der Waals surface area contributed by atoms with Crippen LogP contribution in [0, 0.1) is 6.92 Å². The molecule has 4 heteroatoms. The molecule has 0 saturated carbocycles. The fourth-order valence-corrected chi connectivity index (χ4v) is 2.24. The summed E-state index contributed by atoms with van der Waals surface area (Å²) in [6.07, 6.45) is 1.76. The number of hydrogen-bond donors (Lipinski definition) is 1. The van der Waals surface area contributed by atoms with Gasteiger partial charge in [-0.25, -0.2) is 0 Å². The van der Waals surface area contributed by atoms with E-state index in [9.17, 15) is 0 Å². The van der Waals surface area contributed by atoms with E-state index in [-0.39, 0.29) is 6.04 Å². The Morgan fingerprint density at radius 3 is 2.67 bits per heavy atom. The summed E-state index contributed by atoms with van der Waals surface area (Å²) in [6, 6.07) is 10.2. The van der Waals surface area contributed by atoms with Gasteiger partial charge in [0.15, 0.2) is 0 Å². The van der Waals surface area contributed by atoms with Gasteiger partial charge in [-0.3, -0.25) is 4.98 Å². The maximum Gasteiger partial charge on any atom is 0.123 e. The van der Waals surface area contributed by atoms with E-state index in [1.807, 2.05) is 18.2 Å². The molecule has 112 valence electrons. The van der Waals surface area contributed by atoms with Crippen molar-refractivity contribution in [2.24, 2.45) is 0 Å². The van der Waals surface area contributed by atoms with Gasteiger partial charge in [-0.1, -0.05) is 17.7 Å². The standard InChI is InChI=1S/C17H22N2O2/c1-12-5-6-17(21-4)16(9-12)13(2)19-11-14-10-15(20-3)7-8-18-14/h5-10,13,19H,11H2,1-4H3/t13-/m1/s1. The number of methoxy groups -OCH3 is 2. The van der Waals surface area contributed by atoms with Crippen molar-refractivity contribution < 1.29 is 9.47 Å². The monoisotopic (exact) mass is 286 g/mol. The number of nitrogens with one attached hydrogen (secondary N) is 1. The maximum atomic E-state index is 5.43. The van der Waals surface area contributed by atoms with Crippen LogP contribution in [0.15, 0.2) is 36.5 Å². The quantitative estimate of drug-likeness (QED) is 0.885. The topological polar surface area (TPSA) is 43.4 Å². The van der Waals surface area contributed by atoms with Crippen LogP contribution in [-0.2, 0) is 6.54 Å². The van der Waals surface area contributed by atoms with Crippen LogP contribution in [0.2, 0.25) is 0 Å². The van der Waals surface area contributed by atoms with E-state index in [0.717, 1.165) is 22.8 Å². The zero-order valence-electron chi connectivity index (χ0n) is 13.0. The van der Waals surface area contributed by atoms with Gasteiger partial charge < -0.3 is 14.8 Å². The molecule has 0 unspecified atom stereocenters. The summed E-state index contributed by atoms with van der Waals surface area (Å²) < 4.78 is 10.6. The summed E-state index contributed by atoms with van der Waals surface area (Å²) >= 11 is 0. The van der Waals surface area contributed by atoms with E-state index in [1.54, 1.807) is 20.4 Å². The van der Waals surface area contributed by atoms with Crippen molar-refractivity contribution in [2.45, 2.75) is 26.4 Å². The number of pyridine rings is 1. The average Bonchev–Trinajstić information content (AvgIpc) is 2.52. The number of ether oxygens (including phenoxy) is 2. The van der Waals surface area contributed by atoms with Crippen LogP contribution in [-0.4, -0.2) is 19.2 Å². The van der Waals surface area contributed by atoms with Crippen molar-refractivity contribution in [1.82, 2.24) is 10.3 Å². The van der Waals surface area contributed by atoms with E-state index < -0.39 is 0 Å². The van der Waals surface area contributed by atoms with Crippen molar-refractivity contribution >= 4 is 0 Å². The van der Waals surface area contributed by atoms with E-state index in [4.69, 9.17) is 9.47 Å². The zero-order valence-corrected chi connectivity index (χ0v) is 13.0. The van der Waals surface area contributed by atoms with Gasteiger partial charge in [0.25, 0.3) is 0 Å². The highest BCUT2D eigenvalue weighted by Crippen LogP contribution is 2.26. The van der Waals surface area contributed by atoms with Crippen LogP contribution < -0.4 is 14.8 Å². The molecule has 0 bridgehead atoms. The lowest BCUT2D eigenvalue weighted by atomic mass is 10.0. The highest BCUT2D eigenvalue weighted by atomic mass is 16.5. The third-order valence-corrected chi connectivity index (χ3v) is 3.46. The number of aromatic nitrogens is 1. The van der Waals surface area contributed by atoms with Gasteiger partial charge in [-0.2, -0.15) is 0 Å². The second kappa shape index (κ2) is 7.09. The van der Waals surface area contributed by atoms with Gasteiger partial charge in [0.1, 0.15) is 11.5 Å². The first-order valence-electron chi connectivity index (χ1n) is 7.01. The lowest BCUT2D eigenvalue weighted by Crippen LogP contribution is -2.19. The van der Waals surface area contributed by atoms with E-state index in [1.165, 1.54) is 5.56 Å². The molecular formula is C17H22N2O2. The molecule has 1 aromatic carbocycles. The molecule has 0 aliphatic carbocycles. The van der Waals surface area contributed by atoms with Crippen molar-refractivity contribution in [3.63, 3.8) is 0 Å². The molecule has 1 heterocycles. The predicted molar refractivity (Wildman–Crippen MR) is 83.8 cm³/mol. The first-order chi connectivity index (χ1) is 10.1. The second-order valence-corrected chi connectivity index (χ2v) is 5.03. The van der Waals surface area contributed by atoms with Crippen molar-refractivity contribution in [1.29, 1.82) is 0 Å². The Morgan fingerprint density at radius 1 is 1.14 bits per heavy atom. The molecule has 0 fully saturated rings. The summed E-state index contributed by atoms with van der Waals surface area (Å²) in [7, 11) is 3.36. The van der Waals surface area contributed by atoms with Crippen LogP contribution in [0.3, 0.4) is 0 Å². The fraction of sp³-hybridized carbons (Fsp3) is 0.353.